The van der Waals surface area contributed by atoms with Crippen molar-refractivity contribution in [2.24, 2.45) is 5.41 Å². The summed E-state index contributed by atoms with van der Waals surface area (Å²) in [4.78, 5) is 13.3. The van der Waals surface area contributed by atoms with Gasteiger partial charge in [-0.3, -0.25) is 9.69 Å². The van der Waals surface area contributed by atoms with Gasteiger partial charge in [0.1, 0.15) is 0 Å². The van der Waals surface area contributed by atoms with Crippen LogP contribution in [-0.4, -0.2) is 35.6 Å². The van der Waals surface area contributed by atoms with Crippen molar-refractivity contribution in [2.75, 3.05) is 19.6 Å². The normalized spacial score (nSPS) is 24.7. The molecule has 0 spiro atoms. The topological polar surface area (TPSA) is 40.5 Å². The first-order chi connectivity index (χ1) is 8.60. The van der Waals surface area contributed by atoms with Crippen LogP contribution in [0.2, 0.25) is 0 Å². The zero-order chi connectivity index (χ0) is 13.0. The van der Waals surface area contributed by atoms with E-state index in [1.165, 1.54) is 5.56 Å². The molecule has 96 valence electrons. The summed E-state index contributed by atoms with van der Waals surface area (Å²) in [6.07, 6.45) is 4.92. The van der Waals surface area contributed by atoms with Crippen LogP contribution in [0.1, 0.15) is 18.9 Å². The lowest BCUT2D eigenvalue weighted by Gasteiger charge is -2.18. The van der Waals surface area contributed by atoms with E-state index >= 15 is 0 Å². The van der Waals surface area contributed by atoms with Crippen molar-refractivity contribution >= 4 is 12.0 Å². The van der Waals surface area contributed by atoms with E-state index in [-0.39, 0.29) is 0 Å². The first kappa shape index (κ1) is 12.8. The van der Waals surface area contributed by atoms with Crippen molar-refractivity contribution in [3.05, 3.63) is 42.0 Å². The summed E-state index contributed by atoms with van der Waals surface area (Å²) in [5.41, 5.74) is 0.610. The van der Waals surface area contributed by atoms with Crippen molar-refractivity contribution < 1.29 is 9.90 Å². The van der Waals surface area contributed by atoms with Gasteiger partial charge in [-0.2, -0.15) is 0 Å². The molecular weight excluding hydrogens is 226 g/mol. The van der Waals surface area contributed by atoms with E-state index in [2.05, 4.69) is 29.2 Å². The van der Waals surface area contributed by atoms with Crippen molar-refractivity contribution in [1.29, 1.82) is 0 Å². The van der Waals surface area contributed by atoms with E-state index in [1.807, 2.05) is 25.1 Å². The van der Waals surface area contributed by atoms with Gasteiger partial charge < -0.3 is 5.11 Å². The molecule has 1 aromatic rings. The molecular formula is C15H19NO2. The maximum Gasteiger partial charge on any atom is 0.310 e. The lowest BCUT2D eigenvalue weighted by molar-refractivity contribution is -0.147. The Bertz CT molecular complexity index is 441. The minimum absolute atomic E-state index is 0.569. The van der Waals surface area contributed by atoms with Gasteiger partial charge in [-0.1, -0.05) is 42.5 Å². The molecule has 2 rings (SSSR count). The minimum atomic E-state index is -0.683. The highest BCUT2D eigenvalue weighted by molar-refractivity contribution is 5.74. The summed E-state index contributed by atoms with van der Waals surface area (Å²) in [6.45, 7) is 4.15. The number of rotatable bonds is 4. The summed E-state index contributed by atoms with van der Waals surface area (Å²) in [5, 5.41) is 9.15. The molecule has 1 aromatic carbocycles. The van der Waals surface area contributed by atoms with Crippen LogP contribution in [0.15, 0.2) is 36.4 Å². The fourth-order valence-corrected chi connectivity index (χ4v) is 2.29. The molecule has 0 aromatic heterocycles. The lowest BCUT2D eigenvalue weighted by Crippen LogP contribution is -2.31. The van der Waals surface area contributed by atoms with Crippen molar-refractivity contribution in [1.82, 2.24) is 4.90 Å². The maximum atomic E-state index is 11.1. The predicted octanol–water partition coefficient (Wildman–Crippen LogP) is 2.50. The Morgan fingerprint density at radius 2 is 2.17 bits per heavy atom. The van der Waals surface area contributed by atoms with Gasteiger partial charge >= 0.3 is 5.97 Å². The molecule has 0 aliphatic carbocycles. The third kappa shape index (κ3) is 2.99. The van der Waals surface area contributed by atoms with Crippen LogP contribution in [0.25, 0.3) is 6.08 Å². The molecule has 1 saturated heterocycles. The Morgan fingerprint density at radius 3 is 2.78 bits per heavy atom. The fourth-order valence-electron chi connectivity index (χ4n) is 2.29. The smallest absolute Gasteiger partial charge is 0.310 e. The summed E-state index contributed by atoms with van der Waals surface area (Å²) >= 11 is 0. The zero-order valence-electron chi connectivity index (χ0n) is 10.7. The van der Waals surface area contributed by atoms with E-state index in [9.17, 15) is 4.79 Å². The Kier molecular flexibility index (Phi) is 3.82. The van der Waals surface area contributed by atoms with Crippen LogP contribution >= 0.6 is 0 Å². The van der Waals surface area contributed by atoms with Gasteiger partial charge in [-0.05, 0) is 25.5 Å². The number of aliphatic carboxylic acids is 1. The molecule has 1 N–H and O–H groups in total. The maximum absolute atomic E-state index is 11.1. The number of carboxylic acids is 1. The van der Waals surface area contributed by atoms with Crippen molar-refractivity contribution in [2.45, 2.75) is 13.3 Å². The summed E-state index contributed by atoms with van der Waals surface area (Å²) in [5.74, 6) is -0.683. The number of carbonyl (C=O) groups is 1. The second kappa shape index (κ2) is 5.36. The van der Waals surface area contributed by atoms with Gasteiger partial charge in [0.25, 0.3) is 0 Å². The van der Waals surface area contributed by atoms with E-state index in [1.54, 1.807) is 0 Å². The van der Waals surface area contributed by atoms with E-state index in [0.29, 0.717) is 6.54 Å². The van der Waals surface area contributed by atoms with E-state index in [4.69, 9.17) is 5.11 Å². The SMILES string of the molecule is CC1(C(=O)O)CCN(C/C=C/c2ccccc2)C1. The van der Waals surface area contributed by atoms with Crippen LogP contribution in [0, 0.1) is 5.41 Å². The summed E-state index contributed by atoms with van der Waals surface area (Å²) in [6, 6.07) is 10.1. The molecule has 0 bridgehead atoms. The standard InChI is InChI=1S/C15H19NO2/c1-15(14(17)18)9-11-16(12-15)10-5-8-13-6-3-2-4-7-13/h2-8H,9-12H2,1H3,(H,17,18)/b8-5+. The number of carboxylic acid groups (broad SMARTS) is 1. The van der Waals surface area contributed by atoms with Gasteiger partial charge in [0, 0.05) is 13.1 Å². The molecule has 1 aliphatic heterocycles. The van der Waals surface area contributed by atoms with Gasteiger partial charge in [-0.25, -0.2) is 0 Å². The molecule has 3 nitrogen and oxygen atoms in total. The quantitative estimate of drug-likeness (QED) is 0.886. The zero-order valence-corrected chi connectivity index (χ0v) is 10.7. The van der Waals surface area contributed by atoms with Crippen LogP contribution < -0.4 is 0 Å². The Morgan fingerprint density at radius 1 is 1.44 bits per heavy atom. The van der Waals surface area contributed by atoms with E-state index in [0.717, 1.165) is 19.5 Å². The fraction of sp³-hybridized carbons (Fsp3) is 0.400. The van der Waals surface area contributed by atoms with Crippen LogP contribution in [0.4, 0.5) is 0 Å². The highest BCUT2D eigenvalue weighted by Crippen LogP contribution is 2.29. The molecule has 1 unspecified atom stereocenters. The molecule has 0 amide bonds. The Hall–Kier alpha value is -1.61. The molecule has 1 fully saturated rings. The minimum Gasteiger partial charge on any atom is -0.481 e. The van der Waals surface area contributed by atoms with Crippen LogP contribution in [0.5, 0.6) is 0 Å². The first-order valence-corrected chi connectivity index (χ1v) is 6.27. The van der Waals surface area contributed by atoms with Crippen molar-refractivity contribution in [3.8, 4) is 0 Å². The molecule has 0 saturated carbocycles. The second-order valence-corrected chi connectivity index (χ2v) is 5.16. The van der Waals surface area contributed by atoms with Gasteiger partial charge in [-0.15, -0.1) is 0 Å². The number of nitrogens with zero attached hydrogens (tertiary/aromatic N) is 1. The number of likely N-dealkylation sites (tertiary alicyclic amines) is 1. The molecule has 1 heterocycles. The predicted molar refractivity (Wildman–Crippen MR) is 72.3 cm³/mol. The largest absolute Gasteiger partial charge is 0.481 e. The molecule has 1 aliphatic rings. The lowest BCUT2D eigenvalue weighted by atomic mass is 9.90. The van der Waals surface area contributed by atoms with Gasteiger partial charge in [0.15, 0.2) is 0 Å². The molecule has 0 radical (unpaired) electrons. The van der Waals surface area contributed by atoms with Crippen LogP contribution in [0.3, 0.4) is 0 Å². The number of benzene rings is 1. The number of hydrogen-bond donors (Lipinski definition) is 1. The van der Waals surface area contributed by atoms with Gasteiger partial charge in [0.05, 0.1) is 5.41 Å². The average molecular weight is 245 g/mol. The number of hydrogen-bond acceptors (Lipinski definition) is 2. The summed E-state index contributed by atoms with van der Waals surface area (Å²) < 4.78 is 0. The summed E-state index contributed by atoms with van der Waals surface area (Å²) in [7, 11) is 0. The second-order valence-electron chi connectivity index (χ2n) is 5.16. The highest BCUT2D eigenvalue weighted by atomic mass is 16.4. The molecule has 1 atom stereocenters. The monoisotopic (exact) mass is 245 g/mol. The third-order valence-corrected chi connectivity index (χ3v) is 3.54. The average Bonchev–Trinajstić information content (AvgIpc) is 2.74. The third-order valence-electron chi connectivity index (χ3n) is 3.54. The van der Waals surface area contributed by atoms with E-state index < -0.39 is 11.4 Å². The van der Waals surface area contributed by atoms with Crippen LogP contribution in [-0.2, 0) is 4.79 Å². The highest BCUT2D eigenvalue weighted by Gasteiger charge is 2.39. The molecule has 18 heavy (non-hydrogen) atoms. The Balaban J connectivity index is 1.86. The van der Waals surface area contributed by atoms with Crippen molar-refractivity contribution in [3.63, 3.8) is 0 Å². The first-order valence-electron chi connectivity index (χ1n) is 6.27. The van der Waals surface area contributed by atoms with Gasteiger partial charge in [0.2, 0.25) is 0 Å². The molecule has 3 heteroatoms. The Labute approximate surface area is 108 Å².